The predicted octanol–water partition coefficient (Wildman–Crippen LogP) is 3.16. The van der Waals surface area contributed by atoms with Crippen molar-refractivity contribution < 1.29 is 13.2 Å². The summed E-state index contributed by atoms with van der Waals surface area (Å²) in [7, 11) is 1.75. The average molecular weight is 256 g/mol. The van der Waals surface area contributed by atoms with Crippen molar-refractivity contribution in [2.24, 2.45) is 0 Å². The van der Waals surface area contributed by atoms with Gasteiger partial charge in [0, 0.05) is 18.7 Å². The molecule has 0 amide bonds. The third-order valence-corrected chi connectivity index (χ3v) is 2.63. The van der Waals surface area contributed by atoms with Crippen LogP contribution in [0.1, 0.15) is 36.6 Å². The quantitative estimate of drug-likeness (QED) is 0.646. The Kier molecular flexibility index (Phi) is 5.17. The van der Waals surface area contributed by atoms with Gasteiger partial charge in [-0.3, -0.25) is 4.98 Å². The summed E-state index contributed by atoms with van der Waals surface area (Å²) in [5.41, 5.74) is -0.132. The molecule has 0 saturated heterocycles. The first-order valence-electron chi connectivity index (χ1n) is 5.63. The SMILES string of the molecule is C#CCCCC(NC)c1ccc(C(F)(F)F)cn1. The fourth-order valence-corrected chi connectivity index (χ4v) is 1.63. The van der Waals surface area contributed by atoms with E-state index in [-0.39, 0.29) is 6.04 Å². The molecule has 0 radical (unpaired) electrons. The highest BCUT2D eigenvalue weighted by Crippen LogP contribution is 2.29. The third-order valence-electron chi connectivity index (χ3n) is 2.63. The first kappa shape index (κ1) is 14.5. The molecule has 5 heteroatoms. The fraction of sp³-hybridized carbons (Fsp3) is 0.462. The summed E-state index contributed by atoms with van der Waals surface area (Å²) in [5, 5.41) is 3.02. The summed E-state index contributed by atoms with van der Waals surface area (Å²) < 4.78 is 37.1. The molecule has 1 unspecified atom stereocenters. The Morgan fingerprint density at radius 2 is 2.17 bits per heavy atom. The fourth-order valence-electron chi connectivity index (χ4n) is 1.63. The number of terminal acetylenes is 1. The van der Waals surface area contributed by atoms with Crippen molar-refractivity contribution in [3.63, 3.8) is 0 Å². The average Bonchev–Trinajstić information content (AvgIpc) is 2.34. The number of hydrogen-bond donors (Lipinski definition) is 1. The number of halogens is 3. The lowest BCUT2D eigenvalue weighted by molar-refractivity contribution is -0.137. The van der Waals surface area contributed by atoms with Crippen LogP contribution < -0.4 is 5.32 Å². The number of aromatic nitrogens is 1. The van der Waals surface area contributed by atoms with Crippen LogP contribution in [0.25, 0.3) is 0 Å². The van der Waals surface area contributed by atoms with Crippen molar-refractivity contribution in [1.82, 2.24) is 10.3 Å². The minimum absolute atomic E-state index is 0.0689. The van der Waals surface area contributed by atoms with E-state index < -0.39 is 11.7 Å². The van der Waals surface area contributed by atoms with Gasteiger partial charge in [0.25, 0.3) is 0 Å². The molecule has 1 heterocycles. The molecule has 1 N–H and O–H groups in total. The number of unbranched alkanes of at least 4 members (excludes halogenated alkanes) is 1. The van der Waals surface area contributed by atoms with E-state index in [0.717, 1.165) is 25.1 Å². The maximum atomic E-state index is 12.4. The molecule has 0 aliphatic heterocycles. The Labute approximate surface area is 105 Å². The van der Waals surface area contributed by atoms with Gasteiger partial charge in [-0.15, -0.1) is 12.3 Å². The molecule has 0 aliphatic rings. The molecule has 0 aromatic carbocycles. The molecule has 1 aromatic rings. The Balaban J connectivity index is 2.73. The van der Waals surface area contributed by atoms with Gasteiger partial charge in [-0.25, -0.2) is 0 Å². The van der Waals surface area contributed by atoms with Crippen LogP contribution in [0, 0.1) is 12.3 Å². The number of rotatable bonds is 5. The summed E-state index contributed by atoms with van der Waals surface area (Å²) in [6.07, 6.45) is 3.88. The van der Waals surface area contributed by atoms with Gasteiger partial charge in [0.05, 0.1) is 11.3 Å². The summed E-state index contributed by atoms with van der Waals surface area (Å²) in [6.45, 7) is 0. The minimum Gasteiger partial charge on any atom is -0.312 e. The van der Waals surface area contributed by atoms with E-state index in [0.29, 0.717) is 12.1 Å². The van der Waals surface area contributed by atoms with Gasteiger partial charge >= 0.3 is 6.18 Å². The summed E-state index contributed by atoms with van der Waals surface area (Å²) in [4.78, 5) is 3.86. The van der Waals surface area contributed by atoms with E-state index in [1.54, 1.807) is 7.05 Å². The van der Waals surface area contributed by atoms with Crippen molar-refractivity contribution in [2.45, 2.75) is 31.5 Å². The molecule has 98 valence electrons. The zero-order valence-electron chi connectivity index (χ0n) is 10.1. The molecule has 0 saturated carbocycles. The molecule has 1 rings (SSSR count). The van der Waals surface area contributed by atoms with Crippen LogP contribution >= 0.6 is 0 Å². The van der Waals surface area contributed by atoms with Crippen LogP contribution in [0.15, 0.2) is 18.3 Å². The standard InChI is InChI=1S/C13H15F3N2/c1-3-4-5-6-11(17-2)12-8-7-10(9-18-12)13(14,15)16/h1,7-9,11,17H,4-6H2,2H3. The molecular weight excluding hydrogens is 241 g/mol. The second kappa shape index (κ2) is 6.41. The molecule has 0 fully saturated rings. The largest absolute Gasteiger partial charge is 0.417 e. The minimum atomic E-state index is -4.34. The molecular formula is C13H15F3N2. The van der Waals surface area contributed by atoms with Gasteiger partial charge in [-0.1, -0.05) is 0 Å². The van der Waals surface area contributed by atoms with Crippen LogP contribution in [-0.2, 0) is 6.18 Å². The molecule has 1 atom stereocenters. The number of hydrogen-bond acceptors (Lipinski definition) is 2. The smallest absolute Gasteiger partial charge is 0.312 e. The van der Waals surface area contributed by atoms with E-state index in [1.165, 1.54) is 6.07 Å². The van der Waals surface area contributed by atoms with Gasteiger partial charge in [-0.05, 0) is 32.0 Å². The first-order valence-corrected chi connectivity index (χ1v) is 5.63. The van der Waals surface area contributed by atoms with E-state index in [2.05, 4.69) is 16.2 Å². The van der Waals surface area contributed by atoms with Gasteiger partial charge in [0.2, 0.25) is 0 Å². The Morgan fingerprint density at radius 3 is 2.61 bits per heavy atom. The monoisotopic (exact) mass is 256 g/mol. The molecule has 0 aliphatic carbocycles. The molecule has 0 bridgehead atoms. The van der Waals surface area contributed by atoms with Crippen molar-refractivity contribution in [2.75, 3.05) is 7.05 Å². The van der Waals surface area contributed by atoms with Crippen molar-refractivity contribution in [3.8, 4) is 12.3 Å². The summed E-state index contributed by atoms with van der Waals surface area (Å²) in [5.74, 6) is 2.53. The van der Waals surface area contributed by atoms with E-state index >= 15 is 0 Å². The molecule has 0 spiro atoms. The van der Waals surface area contributed by atoms with E-state index in [1.807, 2.05) is 0 Å². The highest BCUT2D eigenvalue weighted by atomic mass is 19.4. The van der Waals surface area contributed by atoms with E-state index in [4.69, 9.17) is 6.42 Å². The van der Waals surface area contributed by atoms with Gasteiger partial charge in [0.15, 0.2) is 0 Å². The maximum Gasteiger partial charge on any atom is 0.417 e. The van der Waals surface area contributed by atoms with Crippen molar-refractivity contribution >= 4 is 0 Å². The number of nitrogens with zero attached hydrogens (tertiary/aromatic N) is 1. The van der Waals surface area contributed by atoms with Gasteiger partial charge in [0.1, 0.15) is 0 Å². The van der Waals surface area contributed by atoms with E-state index in [9.17, 15) is 13.2 Å². The lowest BCUT2D eigenvalue weighted by Gasteiger charge is -2.15. The number of pyridine rings is 1. The van der Waals surface area contributed by atoms with Crippen LogP contribution in [-0.4, -0.2) is 12.0 Å². The maximum absolute atomic E-state index is 12.4. The second-order valence-corrected chi connectivity index (χ2v) is 3.91. The topological polar surface area (TPSA) is 24.9 Å². The van der Waals surface area contributed by atoms with Gasteiger partial charge in [-0.2, -0.15) is 13.2 Å². The summed E-state index contributed by atoms with van der Waals surface area (Å²) >= 11 is 0. The van der Waals surface area contributed by atoms with Crippen LogP contribution in [0.4, 0.5) is 13.2 Å². The van der Waals surface area contributed by atoms with Crippen LogP contribution in [0.3, 0.4) is 0 Å². The van der Waals surface area contributed by atoms with Crippen LogP contribution in [0.5, 0.6) is 0 Å². The third kappa shape index (κ3) is 4.04. The van der Waals surface area contributed by atoms with Crippen molar-refractivity contribution in [1.29, 1.82) is 0 Å². The summed E-state index contributed by atoms with van der Waals surface area (Å²) in [6, 6.07) is 2.38. The molecule has 1 aromatic heterocycles. The van der Waals surface area contributed by atoms with Gasteiger partial charge < -0.3 is 5.32 Å². The molecule has 18 heavy (non-hydrogen) atoms. The second-order valence-electron chi connectivity index (χ2n) is 3.91. The first-order chi connectivity index (χ1) is 8.49. The zero-order chi connectivity index (χ0) is 13.6. The van der Waals surface area contributed by atoms with Crippen LogP contribution in [0.2, 0.25) is 0 Å². The Bertz CT molecular complexity index is 404. The highest BCUT2D eigenvalue weighted by Gasteiger charge is 2.30. The zero-order valence-corrected chi connectivity index (χ0v) is 10.1. The highest BCUT2D eigenvalue weighted by molar-refractivity contribution is 5.18. The number of nitrogens with one attached hydrogen (secondary N) is 1. The lowest BCUT2D eigenvalue weighted by atomic mass is 10.1. The number of alkyl halides is 3. The Hall–Kier alpha value is -1.54. The van der Waals surface area contributed by atoms with Crippen molar-refractivity contribution in [3.05, 3.63) is 29.6 Å². The molecule has 2 nitrogen and oxygen atoms in total. The Morgan fingerprint density at radius 1 is 1.44 bits per heavy atom. The lowest BCUT2D eigenvalue weighted by Crippen LogP contribution is -2.18. The predicted molar refractivity (Wildman–Crippen MR) is 63.7 cm³/mol. The normalized spacial score (nSPS) is 13.1.